The van der Waals surface area contributed by atoms with E-state index in [2.05, 4.69) is 84.9 Å². The molecule has 2 N–H and O–H groups in total. The first kappa shape index (κ1) is 57.6. The number of rotatable bonds is 21. The van der Waals surface area contributed by atoms with Gasteiger partial charge in [-0.15, -0.1) is 23.5 Å². The molecule has 1 heterocycles. The van der Waals surface area contributed by atoms with Gasteiger partial charge in [-0.05, 0) is 157 Å². The number of carbonyl (C=O) groups is 2. The summed E-state index contributed by atoms with van der Waals surface area (Å²) in [6, 6.07) is 54.3. The van der Waals surface area contributed by atoms with Crippen LogP contribution in [0.3, 0.4) is 0 Å². The van der Waals surface area contributed by atoms with Crippen LogP contribution in [-0.4, -0.2) is 51.3 Å². The van der Waals surface area contributed by atoms with E-state index in [1.807, 2.05) is 110 Å². The van der Waals surface area contributed by atoms with Crippen molar-refractivity contribution >= 4 is 35.5 Å². The Labute approximate surface area is 489 Å². The molecule has 7 fully saturated rings. The average Bonchev–Trinajstić information content (AvgIpc) is 4.43. The molecule has 81 heavy (non-hydrogen) atoms. The van der Waals surface area contributed by atoms with E-state index >= 15 is 0 Å². The van der Waals surface area contributed by atoms with E-state index in [1.165, 1.54) is 85.0 Å². The maximum atomic E-state index is 13.1. The molecule has 8 atom stereocenters. The van der Waals surface area contributed by atoms with Gasteiger partial charge in [0, 0.05) is 52.4 Å². The molecule has 0 aromatic heterocycles. The van der Waals surface area contributed by atoms with E-state index < -0.39 is 23.5 Å². The largest absolute Gasteiger partial charge is 0.481 e. The van der Waals surface area contributed by atoms with Crippen LogP contribution in [-0.2, 0) is 35.0 Å². The fourth-order valence-corrected chi connectivity index (χ4v) is 15.2. The highest BCUT2D eigenvalue weighted by Gasteiger charge is 2.53. The molecular weight excluding hydrogens is 1040 g/mol. The van der Waals surface area contributed by atoms with Gasteiger partial charge in [-0.25, -0.2) is 0 Å². The molecule has 1 saturated heterocycles. The molecule has 1 aliphatic heterocycles. The van der Waals surface area contributed by atoms with Crippen LogP contribution >= 0.6 is 23.5 Å². The number of thioether (sulfide) groups is 2. The number of hydrogen-bond donors (Lipinski definition) is 2. The number of carboxylic acids is 1. The maximum Gasteiger partial charge on any atom is 0.313 e. The van der Waals surface area contributed by atoms with Crippen LogP contribution in [0.25, 0.3) is 0 Å². The second kappa shape index (κ2) is 26.2. The van der Waals surface area contributed by atoms with Crippen LogP contribution < -0.4 is 0 Å². The number of methoxy groups -OCH3 is 1. The first-order valence-electron chi connectivity index (χ1n) is 30.4. The smallest absolute Gasteiger partial charge is 0.313 e. The molecule has 6 saturated carbocycles. The fraction of sp³-hybridized carbons (Fsp3) is 0.465. The van der Waals surface area contributed by atoms with E-state index in [-0.39, 0.29) is 42.0 Å². The topological polar surface area (TPSA) is 112 Å². The van der Waals surface area contributed by atoms with Crippen molar-refractivity contribution in [2.24, 2.45) is 11.8 Å². The van der Waals surface area contributed by atoms with Gasteiger partial charge >= 0.3 is 11.9 Å². The Hall–Kier alpha value is -5.20. The van der Waals surface area contributed by atoms with Crippen LogP contribution in [0, 0.1) is 11.8 Å². The molecule has 1 spiro atoms. The van der Waals surface area contributed by atoms with Crippen molar-refractivity contribution in [3.63, 3.8) is 0 Å². The van der Waals surface area contributed by atoms with Gasteiger partial charge in [0.25, 0.3) is 0 Å². The second-order valence-electron chi connectivity index (χ2n) is 23.9. The molecule has 426 valence electrons. The van der Waals surface area contributed by atoms with E-state index in [0.29, 0.717) is 43.9 Å². The molecule has 0 bridgehead atoms. The van der Waals surface area contributed by atoms with Gasteiger partial charge in [-0.3, -0.25) is 9.59 Å². The zero-order valence-electron chi connectivity index (χ0n) is 47.5. The molecule has 10 heteroatoms. The van der Waals surface area contributed by atoms with Crippen LogP contribution in [0.15, 0.2) is 168 Å². The number of carboxylic acid groups (broad SMARTS) is 1. The molecule has 7 aliphatic rings. The van der Waals surface area contributed by atoms with Crippen molar-refractivity contribution in [1.29, 1.82) is 0 Å². The van der Waals surface area contributed by atoms with Crippen LogP contribution in [0.2, 0.25) is 0 Å². The highest BCUT2D eigenvalue weighted by Crippen LogP contribution is 2.56. The number of aliphatic hydroxyl groups is 1. The lowest BCUT2D eigenvalue weighted by Gasteiger charge is -2.30. The monoisotopic (exact) mass is 1130 g/mol. The summed E-state index contributed by atoms with van der Waals surface area (Å²) in [5.74, 6) is -1.98. The van der Waals surface area contributed by atoms with E-state index in [9.17, 15) is 19.8 Å². The highest BCUT2D eigenvalue weighted by molar-refractivity contribution is 8.00. The van der Waals surface area contributed by atoms with Crippen molar-refractivity contribution in [3.8, 4) is 0 Å². The Morgan fingerprint density at radius 1 is 0.568 bits per heavy atom. The SMILES string of the molecule is CC.COC(=O)C(C[C@H]1CCC(O)(O[C@@H](Cc2ccccc2)c2ccccc2)C1)c1ccc(SC2CC2)c(C2CC2)c1.O=C(O)C(C[C@H]1CCC2(C1)O[C@H](c1ccccc1)[C@@H](c1ccccc1)O2)c1ccc(SC2CC2)c(C2CC2)c1. The Kier molecular flexibility index (Phi) is 18.6. The van der Waals surface area contributed by atoms with Crippen molar-refractivity contribution < 1.29 is 38.7 Å². The molecule has 6 aromatic rings. The first-order valence-corrected chi connectivity index (χ1v) is 32.2. The predicted octanol–water partition coefficient (Wildman–Crippen LogP) is 17.4. The van der Waals surface area contributed by atoms with Crippen LogP contribution in [0.5, 0.6) is 0 Å². The molecule has 3 unspecified atom stereocenters. The quantitative estimate of drug-likeness (QED) is 0.0534. The van der Waals surface area contributed by atoms with Crippen LogP contribution in [0.4, 0.5) is 0 Å². The summed E-state index contributed by atoms with van der Waals surface area (Å²) in [5, 5.41) is 23.5. The lowest BCUT2D eigenvalue weighted by Crippen LogP contribution is -2.32. The van der Waals surface area contributed by atoms with Crippen molar-refractivity contribution in [2.75, 3.05) is 7.11 Å². The number of hydrogen-bond acceptors (Lipinski definition) is 9. The van der Waals surface area contributed by atoms with E-state index in [1.54, 1.807) is 0 Å². The third-order valence-corrected chi connectivity index (χ3v) is 20.4. The van der Waals surface area contributed by atoms with Gasteiger partial charge in [-0.1, -0.05) is 159 Å². The molecule has 0 amide bonds. The predicted molar refractivity (Wildman–Crippen MR) is 324 cm³/mol. The molecule has 13 rings (SSSR count). The molecule has 6 aromatic carbocycles. The van der Waals surface area contributed by atoms with Gasteiger partial charge in [0.1, 0.15) is 12.2 Å². The molecule has 0 radical (unpaired) electrons. The number of benzene rings is 6. The van der Waals surface area contributed by atoms with E-state index in [4.69, 9.17) is 18.9 Å². The minimum Gasteiger partial charge on any atom is -0.481 e. The third-order valence-electron chi connectivity index (χ3n) is 17.6. The summed E-state index contributed by atoms with van der Waals surface area (Å²) in [5.41, 5.74) is 9.29. The molecular formula is C71H82O8S2. The first-order chi connectivity index (χ1) is 39.6. The van der Waals surface area contributed by atoms with Crippen LogP contribution in [0.1, 0.15) is 203 Å². The molecule has 6 aliphatic carbocycles. The highest BCUT2D eigenvalue weighted by atomic mass is 32.2. The second-order valence-corrected chi connectivity index (χ2v) is 26.6. The summed E-state index contributed by atoms with van der Waals surface area (Å²) >= 11 is 4.01. The summed E-state index contributed by atoms with van der Waals surface area (Å²) in [4.78, 5) is 28.4. The standard InChI is InChI=1S/C35H40O4S.C34H36O4S.C2H6/c1-38-34(36)31(28-14-17-33(40-29-15-16-29)30(22-28)26-12-13-26)20-25-18-19-35(37,23-25)39-32(27-10-6-3-7-11-27)21-24-8-4-2-5-9-24;35-33(36)29(26-13-16-30(39-27-14-15-27)28(20-26)23-11-12-23)19-22-17-18-34(21-22)37-31(24-7-3-1-4-8-24)32(38-34)25-9-5-2-6-10-25;1-2/h2-11,14,17,22,25-26,29,31-32,37H,12-13,15-16,18-21,23H2,1H3;1-10,13,16,20,22-23,27,29,31-32H,11-12,14-15,17-19,21H2,(H,35,36);1-2H3/t25-,31?,32+,35?;22-,29?,31-,32-;/m11./s1. The number of ether oxygens (including phenoxy) is 4. The zero-order chi connectivity index (χ0) is 55.9. The van der Waals surface area contributed by atoms with Gasteiger partial charge in [-0.2, -0.15) is 0 Å². The number of esters is 1. The minimum atomic E-state index is -1.22. The van der Waals surface area contributed by atoms with Gasteiger partial charge < -0.3 is 29.2 Å². The minimum absolute atomic E-state index is 0.173. The Bertz CT molecular complexity index is 2970. The summed E-state index contributed by atoms with van der Waals surface area (Å²) in [6.45, 7) is 4.00. The van der Waals surface area contributed by atoms with E-state index in [0.717, 1.165) is 64.0 Å². The maximum absolute atomic E-state index is 13.1. The summed E-state index contributed by atoms with van der Waals surface area (Å²) in [7, 11) is 1.48. The van der Waals surface area contributed by atoms with Crippen molar-refractivity contribution in [2.45, 2.75) is 197 Å². The fourth-order valence-electron chi connectivity index (χ4n) is 12.7. The average molecular weight is 1130 g/mol. The normalized spacial score (nSPS) is 24.7. The Balaban J connectivity index is 0.000000165. The Morgan fingerprint density at radius 2 is 1.04 bits per heavy atom. The lowest BCUT2D eigenvalue weighted by molar-refractivity contribution is -0.229. The van der Waals surface area contributed by atoms with Gasteiger partial charge in [0.2, 0.25) is 0 Å². The zero-order valence-corrected chi connectivity index (χ0v) is 49.2. The number of carbonyl (C=O) groups excluding carboxylic acids is 1. The van der Waals surface area contributed by atoms with Crippen molar-refractivity contribution in [1.82, 2.24) is 0 Å². The Morgan fingerprint density at radius 3 is 1.53 bits per heavy atom. The third kappa shape index (κ3) is 14.8. The summed E-state index contributed by atoms with van der Waals surface area (Å²) in [6.07, 6.45) is 15.9. The van der Waals surface area contributed by atoms with Gasteiger partial charge in [0.15, 0.2) is 11.6 Å². The number of aliphatic carboxylic acids is 1. The van der Waals surface area contributed by atoms with Gasteiger partial charge in [0.05, 0.1) is 25.0 Å². The molecule has 8 nitrogen and oxygen atoms in total. The van der Waals surface area contributed by atoms with Crippen molar-refractivity contribution in [3.05, 3.63) is 202 Å². The summed E-state index contributed by atoms with van der Waals surface area (Å²) < 4.78 is 25.4. The lowest BCUT2D eigenvalue weighted by atomic mass is 9.86.